The summed E-state index contributed by atoms with van der Waals surface area (Å²) in [5.74, 6) is -2.59. The molecule has 0 heterocycles. The van der Waals surface area contributed by atoms with E-state index in [2.05, 4.69) is 9.05 Å². The third kappa shape index (κ3) is 8.15. The van der Waals surface area contributed by atoms with Gasteiger partial charge < -0.3 is 21.1 Å². The average Bonchev–Trinajstić information content (AvgIpc) is 2.26. The van der Waals surface area contributed by atoms with Crippen LogP contribution in [-0.2, 0) is 23.2 Å². The number of carboxylic acid groups (broad SMARTS) is 1. The standard InChI is InChI=1S/C8H17N2O7P/c9-4-2-1-3-6(10)8(13)17-18(14,15)16-5-7(11)12/h6H,1-5,9-10H2,(H,11,12)(H,14,15)/t6-/m0/s1. The van der Waals surface area contributed by atoms with E-state index < -0.39 is 32.4 Å². The van der Waals surface area contributed by atoms with E-state index in [1.807, 2.05) is 0 Å². The predicted molar refractivity (Wildman–Crippen MR) is 60.4 cm³/mol. The van der Waals surface area contributed by atoms with Gasteiger partial charge in [0.2, 0.25) is 0 Å². The highest BCUT2D eigenvalue weighted by Crippen LogP contribution is 2.43. The maximum atomic E-state index is 11.3. The number of phosphoric acid groups is 1. The molecule has 0 fully saturated rings. The Labute approximate surface area is 104 Å². The van der Waals surface area contributed by atoms with Gasteiger partial charge in [0.15, 0.2) is 6.61 Å². The second-order valence-electron chi connectivity index (χ2n) is 3.44. The smallest absolute Gasteiger partial charge is 0.480 e. The molecule has 0 aliphatic carbocycles. The quantitative estimate of drug-likeness (QED) is 0.313. The van der Waals surface area contributed by atoms with Crippen molar-refractivity contribution >= 4 is 19.8 Å². The molecular formula is C8H17N2O7P. The van der Waals surface area contributed by atoms with E-state index in [0.29, 0.717) is 19.4 Å². The minimum atomic E-state index is -4.73. The van der Waals surface area contributed by atoms with Crippen molar-refractivity contribution < 1.29 is 33.2 Å². The first-order valence-corrected chi connectivity index (χ1v) is 6.66. The number of hydrogen-bond acceptors (Lipinski definition) is 7. The third-order valence-corrected chi connectivity index (χ3v) is 2.69. The molecule has 10 heteroatoms. The summed E-state index contributed by atoms with van der Waals surface area (Å²) in [6, 6.07) is -1.08. The first kappa shape index (κ1) is 17.0. The molecule has 0 aliphatic heterocycles. The lowest BCUT2D eigenvalue weighted by Gasteiger charge is -2.14. The fourth-order valence-corrected chi connectivity index (χ4v) is 1.66. The largest absolute Gasteiger partial charge is 0.530 e. The molecule has 0 saturated heterocycles. The Kier molecular flexibility index (Phi) is 7.72. The van der Waals surface area contributed by atoms with Crippen LogP contribution in [0.15, 0.2) is 0 Å². The predicted octanol–water partition coefficient (Wildman–Crippen LogP) is -0.812. The Morgan fingerprint density at radius 3 is 2.44 bits per heavy atom. The van der Waals surface area contributed by atoms with E-state index in [9.17, 15) is 14.2 Å². The number of hydrogen-bond donors (Lipinski definition) is 4. The highest BCUT2D eigenvalue weighted by molar-refractivity contribution is 7.48. The molecule has 106 valence electrons. The second kappa shape index (κ2) is 8.17. The van der Waals surface area contributed by atoms with Crippen molar-refractivity contribution in [2.45, 2.75) is 25.3 Å². The summed E-state index contributed by atoms with van der Waals surface area (Å²) in [5, 5.41) is 8.23. The van der Waals surface area contributed by atoms with Gasteiger partial charge in [0.25, 0.3) is 0 Å². The van der Waals surface area contributed by atoms with Crippen LogP contribution in [-0.4, -0.2) is 41.1 Å². The van der Waals surface area contributed by atoms with Gasteiger partial charge in [-0.25, -0.2) is 14.2 Å². The molecule has 0 amide bonds. The average molecular weight is 284 g/mol. The van der Waals surface area contributed by atoms with Gasteiger partial charge in [-0.2, -0.15) is 0 Å². The summed E-state index contributed by atoms with van der Waals surface area (Å²) in [7, 11) is -4.73. The number of rotatable bonds is 9. The molecule has 0 spiro atoms. The van der Waals surface area contributed by atoms with Crippen molar-refractivity contribution in [2.75, 3.05) is 13.2 Å². The van der Waals surface area contributed by atoms with Crippen LogP contribution in [0.25, 0.3) is 0 Å². The fourth-order valence-electron chi connectivity index (χ4n) is 0.971. The van der Waals surface area contributed by atoms with E-state index in [4.69, 9.17) is 21.5 Å². The summed E-state index contributed by atoms with van der Waals surface area (Å²) < 4.78 is 19.3. The Balaban J connectivity index is 4.11. The van der Waals surface area contributed by atoms with Gasteiger partial charge in [-0.1, -0.05) is 6.42 Å². The highest BCUT2D eigenvalue weighted by atomic mass is 31.2. The highest BCUT2D eigenvalue weighted by Gasteiger charge is 2.29. The van der Waals surface area contributed by atoms with Gasteiger partial charge in [0.1, 0.15) is 6.04 Å². The van der Waals surface area contributed by atoms with Crippen molar-refractivity contribution in [3.05, 3.63) is 0 Å². The van der Waals surface area contributed by atoms with Gasteiger partial charge in [0, 0.05) is 0 Å². The van der Waals surface area contributed by atoms with E-state index in [0.717, 1.165) is 0 Å². The number of carboxylic acids is 1. The lowest BCUT2D eigenvalue weighted by molar-refractivity contribution is -0.143. The van der Waals surface area contributed by atoms with Gasteiger partial charge in [-0.15, -0.1) is 0 Å². The van der Waals surface area contributed by atoms with Gasteiger partial charge >= 0.3 is 19.8 Å². The molecule has 18 heavy (non-hydrogen) atoms. The molecule has 0 rings (SSSR count). The zero-order chi connectivity index (χ0) is 14.2. The summed E-state index contributed by atoms with van der Waals surface area (Å²) >= 11 is 0. The number of unbranched alkanes of at least 4 members (excludes halogenated alkanes) is 1. The zero-order valence-corrected chi connectivity index (χ0v) is 10.5. The lowest BCUT2D eigenvalue weighted by atomic mass is 10.1. The maximum absolute atomic E-state index is 11.3. The molecular weight excluding hydrogens is 267 g/mol. The Morgan fingerprint density at radius 1 is 1.33 bits per heavy atom. The van der Waals surface area contributed by atoms with Crippen LogP contribution in [0.2, 0.25) is 0 Å². The maximum Gasteiger partial charge on any atom is 0.530 e. The van der Waals surface area contributed by atoms with Crippen LogP contribution in [0.4, 0.5) is 0 Å². The number of nitrogens with two attached hydrogens (primary N) is 2. The van der Waals surface area contributed by atoms with Gasteiger partial charge in [0.05, 0.1) is 0 Å². The number of carbonyl (C=O) groups excluding carboxylic acids is 1. The molecule has 0 aromatic carbocycles. The SMILES string of the molecule is NCCCC[C@H](N)C(=O)OP(=O)(O)OCC(=O)O. The number of phosphoric ester groups is 1. The summed E-state index contributed by atoms with van der Waals surface area (Å²) in [6.45, 7) is -0.606. The Morgan fingerprint density at radius 2 is 1.94 bits per heavy atom. The normalized spacial score (nSPS) is 15.7. The molecule has 0 aliphatic rings. The van der Waals surface area contributed by atoms with Crippen LogP contribution in [0.3, 0.4) is 0 Å². The van der Waals surface area contributed by atoms with Gasteiger partial charge in [-0.3, -0.25) is 9.42 Å². The van der Waals surface area contributed by atoms with Crippen molar-refractivity contribution in [2.24, 2.45) is 11.5 Å². The third-order valence-electron chi connectivity index (χ3n) is 1.83. The first-order chi connectivity index (χ1) is 8.28. The monoisotopic (exact) mass is 284 g/mol. The molecule has 0 radical (unpaired) electrons. The zero-order valence-electron chi connectivity index (χ0n) is 9.65. The summed E-state index contributed by atoms with van der Waals surface area (Å²) in [5.41, 5.74) is 10.6. The summed E-state index contributed by atoms with van der Waals surface area (Å²) in [4.78, 5) is 30.4. The molecule has 0 aromatic rings. The lowest BCUT2D eigenvalue weighted by Crippen LogP contribution is -2.32. The second-order valence-corrected chi connectivity index (χ2v) is 4.81. The first-order valence-electron chi connectivity index (χ1n) is 5.16. The minimum Gasteiger partial charge on any atom is -0.480 e. The van der Waals surface area contributed by atoms with E-state index in [1.54, 1.807) is 0 Å². The molecule has 0 bridgehead atoms. The van der Waals surface area contributed by atoms with Crippen LogP contribution < -0.4 is 11.5 Å². The fraction of sp³-hybridized carbons (Fsp3) is 0.750. The van der Waals surface area contributed by atoms with E-state index >= 15 is 0 Å². The van der Waals surface area contributed by atoms with Crippen molar-refractivity contribution in [3.8, 4) is 0 Å². The Hall–Kier alpha value is -0.990. The molecule has 0 aromatic heterocycles. The number of aliphatic carboxylic acids is 1. The van der Waals surface area contributed by atoms with E-state index in [1.165, 1.54) is 0 Å². The van der Waals surface area contributed by atoms with Crippen molar-refractivity contribution in [1.29, 1.82) is 0 Å². The molecule has 2 atom stereocenters. The summed E-state index contributed by atoms with van der Waals surface area (Å²) in [6.07, 6.45) is 1.47. The van der Waals surface area contributed by atoms with Crippen molar-refractivity contribution in [3.63, 3.8) is 0 Å². The molecule has 9 nitrogen and oxygen atoms in total. The topological polar surface area (TPSA) is 162 Å². The van der Waals surface area contributed by atoms with Gasteiger partial charge in [-0.05, 0) is 19.4 Å². The van der Waals surface area contributed by atoms with Crippen LogP contribution in [0.5, 0.6) is 0 Å². The number of carbonyl (C=O) groups is 2. The van der Waals surface area contributed by atoms with Crippen LogP contribution in [0, 0.1) is 0 Å². The Bertz CT molecular complexity index is 335. The minimum absolute atomic E-state index is 0.245. The molecule has 0 saturated carbocycles. The van der Waals surface area contributed by atoms with Crippen LogP contribution in [0.1, 0.15) is 19.3 Å². The van der Waals surface area contributed by atoms with Crippen LogP contribution >= 0.6 is 7.82 Å². The van der Waals surface area contributed by atoms with Crippen molar-refractivity contribution in [1.82, 2.24) is 0 Å². The van der Waals surface area contributed by atoms with E-state index in [-0.39, 0.29) is 6.42 Å². The molecule has 1 unspecified atom stereocenters. The molecule has 6 N–H and O–H groups in total.